The lowest BCUT2D eigenvalue weighted by Crippen LogP contribution is -2.11. The fraction of sp³-hybridized carbons (Fsp3) is 0. The van der Waals surface area contributed by atoms with Crippen molar-refractivity contribution in [1.29, 1.82) is 0 Å². The molecule has 10 aromatic rings. The van der Waals surface area contributed by atoms with Crippen LogP contribution in [0.25, 0.3) is 77.2 Å². The first-order valence-corrected chi connectivity index (χ1v) is 18.4. The molecule has 0 aliphatic heterocycles. The molecule has 1 heterocycles. The molecule has 0 spiro atoms. The van der Waals surface area contributed by atoms with Gasteiger partial charge in [0.1, 0.15) is 5.58 Å². The monoisotopic (exact) mass is 689 g/mol. The summed E-state index contributed by atoms with van der Waals surface area (Å²) in [5, 5.41) is 4.59. The van der Waals surface area contributed by atoms with Gasteiger partial charge in [-0.15, -0.1) is 0 Å². The highest BCUT2D eigenvalue weighted by Crippen LogP contribution is 2.48. The zero-order chi connectivity index (χ0) is 35.8. The molecule has 0 saturated heterocycles. The number of fused-ring (bicyclic) bond motifs is 4. The number of furan rings is 1. The zero-order valence-corrected chi connectivity index (χ0v) is 29.6. The SMILES string of the molecule is c1ccc(-c2ccc(-c3ccccc3-c3ccccc3N(c3ccc4ccccc4c3)c3cccc4c3oc3ccccc34)c(-c3ccccc3)c2)cc1. The smallest absolute Gasteiger partial charge is 0.159 e. The van der Waals surface area contributed by atoms with Gasteiger partial charge < -0.3 is 9.32 Å². The summed E-state index contributed by atoms with van der Waals surface area (Å²) in [6, 6.07) is 75.9. The van der Waals surface area contributed by atoms with Crippen molar-refractivity contribution >= 4 is 49.8 Å². The number of benzene rings is 9. The largest absolute Gasteiger partial charge is 0.454 e. The lowest BCUT2D eigenvalue weighted by Gasteiger charge is -2.29. The fourth-order valence-corrected chi connectivity index (χ4v) is 7.93. The van der Waals surface area contributed by atoms with E-state index in [4.69, 9.17) is 4.42 Å². The van der Waals surface area contributed by atoms with Gasteiger partial charge in [-0.05, 0) is 86.1 Å². The second-order valence-electron chi connectivity index (χ2n) is 13.7. The molecule has 0 fully saturated rings. The van der Waals surface area contributed by atoms with Crippen LogP contribution in [0.15, 0.2) is 217 Å². The minimum absolute atomic E-state index is 0.859. The first kappa shape index (κ1) is 31.6. The van der Waals surface area contributed by atoms with Crippen LogP contribution in [0, 0.1) is 0 Å². The second-order valence-corrected chi connectivity index (χ2v) is 13.7. The summed E-state index contributed by atoms with van der Waals surface area (Å²) in [5.74, 6) is 0. The summed E-state index contributed by atoms with van der Waals surface area (Å²) in [6.07, 6.45) is 0. The molecular formula is C52H35NO. The normalized spacial score (nSPS) is 11.3. The van der Waals surface area contributed by atoms with Crippen molar-refractivity contribution in [3.05, 3.63) is 212 Å². The van der Waals surface area contributed by atoms with Crippen LogP contribution in [-0.2, 0) is 0 Å². The minimum atomic E-state index is 0.859. The maximum atomic E-state index is 6.70. The molecule has 0 saturated carbocycles. The predicted octanol–water partition coefficient (Wildman–Crippen LogP) is 14.9. The van der Waals surface area contributed by atoms with Gasteiger partial charge in [-0.3, -0.25) is 0 Å². The number of nitrogens with zero attached hydrogens (tertiary/aromatic N) is 1. The number of hydrogen-bond acceptors (Lipinski definition) is 2. The molecule has 10 rings (SSSR count). The minimum Gasteiger partial charge on any atom is -0.454 e. The predicted molar refractivity (Wildman–Crippen MR) is 228 cm³/mol. The number of hydrogen-bond donors (Lipinski definition) is 0. The summed E-state index contributed by atoms with van der Waals surface area (Å²) < 4.78 is 6.70. The highest BCUT2D eigenvalue weighted by atomic mass is 16.3. The highest BCUT2D eigenvalue weighted by Gasteiger charge is 2.23. The lowest BCUT2D eigenvalue weighted by molar-refractivity contribution is 0.669. The van der Waals surface area contributed by atoms with E-state index >= 15 is 0 Å². The third kappa shape index (κ3) is 5.53. The quantitative estimate of drug-likeness (QED) is 0.166. The van der Waals surface area contributed by atoms with E-state index in [1.165, 1.54) is 44.2 Å². The van der Waals surface area contributed by atoms with Gasteiger partial charge in [0, 0.05) is 22.0 Å². The maximum absolute atomic E-state index is 6.70. The van der Waals surface area contributed by atoms with E-state index in [1.54, 1.807) is 0 Å². The van der Waals surface area contributed by atoms with Crippen LogP contribution in [0.2, 0.25) is 0 Å². The molecule has 54 heavy (non-hydrogen) atoms. The molecule has 0 aliphatic rings. The Kier molecular flexibility index (Phi) is 7.85. The van der Waals surface area contributed by atoms with E-state index in [0.29, 0.717) is 0 Å². The highest BCUT2D eigenvalue weighted by molar-refractivity contribution is 6.11. The van der Waals surface area contributed by atoms with Gasteiger partial charge in [-0.25, -0.2) is 0 Å². The van der Waals surface area contributed by atoms with E-state index in [2.05, 4.69) is 211 Å². The molecule has 1 aromatic heterocycles. The second kappa shape index (κ2) is 13.4. The van der Waals surface area contributed by atoms with Gasteiger partial charge in [-0.2, -0.15) is 0 Å². The number of para-hydroxylation sites is 3. The Morgan fingerprint density at radius 1 is 0.315 bits per heavy atom. The van der Waals surface area contributed by atoms with Crippen molar-refractivity contribution < 1.29 is 4.42 Å². The Bertz CT molecular complexity index is 2940. The zero-order valence-electron chi connectivity index (χ0n) is 29.6. The molecule has 9 aromatic carbocycles. The maximum Gasteiger partial charge on any atom is 0.159 e. The lowest BCUT2D eigenvalue weighted by atomic mass is 9.87. The van der Waals surface area contributed by atoms with Crippen LogP contribution in [0.3, 0.4) is 0 Å². The number of rotatable bonds is 7. The van der Waals surface area contributed by atoms with Gasteiger partial charge in [0.15, 0.2) is 5.58 Å². The van der Waals surface area contributed by atoms with Crippen LogP contribution in [-0.4, -0.2) is 0 Å². The molecule has 0 aliphatic carbocycles. The van der Waals surface area contributed by atoms with Crippen molar-refractivity contribution in [2.24, 2.45) is 0 Å². The van der Waals surface area contributed by atoms with Crippen LogP contribution >= 0.6 is 0 Å². The van der Waals surface area contributed by atoms with Crippen LogP contribution in [0.4, 0.5) is 17.1 Å². The molecular weight excluding hydrogens is 655 g/mol. The Morgan fingerprint density at radius 2 is 0.907 bits per heavy atom. The van der Waals surface area contributed by atoms with E-state index in [0.717, 1.165) is 50.1 Å². The molecule has 0 atom stereocenters. The third-order valence-corrected chi connectivity index (χ3v) is 10.5. The van der Waals surface area contributed by atoms with Crippen LogP contribution in [0.1, 0.15) is 0 Å². The average Bonchev–Trinajstić information content (AvgIpc) is 3.64. The van der Waals surface area contributed by atoms with Crippen molar-refractivity contribution in [1.82, 2.24) is 0 Å². The third-order valence-electron chi connectivity index (χ3n) is 10.5. The summed E-state index contributed by atoms with van der Waals surface area (Å²) >= 11 is 0. The molecule has 254 valence electrons. The molecule has 0 unspecified atom stereocenters. The summed E-state index contributed by atoms with van der Waals surface area (Å²) in [7, 11) is 0. The molecule has 2 heteroatoms. The van der Waals surface area contributed by atoms with Crippen molar-refractivity contribution in [3.8, 4) is 44.5 Å². The molecule has 0 bridgehead atoms. The van der Waals surface area contributed by atoms with E-state index in [9.17, 15) is 0 Å². The molecule has 0 N–H and O–H groups in total. The van der Waals surface area contributed by atoms with Gasteiger partial charge in [0.2, 0.25) is 0 Å². The standard InChI is InChI=1S/C52H35NO/c1-3-16-36(17-4-1)40-31-33-44(48(35-40)38-19-5-2-6-20-38)42-22-9-10-23-43(42)45-24-11-13-27-49(45)53(41-32-30-37-18-7-8-21-39(37)34-41)50-28-15-26-47-46-25-12-14-29-51(46)54-52(47)50/h1-35H. The molecule has 2 nitrogen and oxygen atoms in total. The fourth-order valence-electron chi connectivity index (χ4n) is 7.93. The summed E-state index contributed by atoms with van der Waals surface area (Å²) in [5.41, 5.74) is 14.3. The first-order valence-electron chi connectivity index (χ1n) is 18.4. The van der Waals surface area contributed by atoms with Crippen LogP contribution < -0.4 is 4.90 Å². The van der Waals surface area contributed by atoms with Crippen molar-refractivity contribution in [2.45, 2.75) is 0 Å². The van der Waals surface area contributed by atoms with Crippen molar-refractivity contribution in [2.75, 3.05) is 4.90 Å². The van der Waals surface area contributed by atoms with Gasteiger partial charge in [-0.1, -0.05) is 176 Å². The molecule has 0 amide bonds. The molecule has 0 radical (unpaired) electrons. The summed E-state index contributed by atoms with van der Waals surface area (Å²) in [6.45, 7) is 0. The van der Waals surface area contributed by atoms with E-state index < -0.39 is 0 Å². The van der Waals surface area contributed by atoms with E-state index in [1.807, 2.05) is 6.07 Å². The number of anilines is 3. The topological polar surface area (TPSA) is 16.4 Å². The van der Waals surface area contributed by atoms with Crippen LogP contribution in [0.5, 0.6) is 0 Å². The summed E-state index contributed by atoms with van der Waals surface area (Å²) in [4.78, 5) is 2.37. The van der Waals surface area contributed by atoms with Gasteiger partial charge in [0.25, 0.3) is 0 Å². The van der Waals surface area contributed by atoms with Gasteiger partial charge in [0.05, 0.1) is 11.4 Å². The first-order chi connectivity index (χ1) is 26.8. The van der Waals surface area contributed by atoms with E-state index in [-0.39, 0.29) is 0 Å². The Balaban J connectivity index is 1.22. The Morgan fingerprint density at radius 3 is 1.72 bits per heavy atom. The Labute approximate surface area is 314 Å². The van der Waals surface area contributed by atoms with Crippen molar-refractivity contribution in [3.63, 3.8) is 0 Å². The Hall–Kier alpha value is -7.16. The van der Waals surface area contributed by atoms with Gasteiger partial charge >= 0.3 is 0 Å². The average molecular weight is 690 g/mol.